The van der Waals surface area contributed by atoms with Crippen LogP contribution in [0.3, 0.4) is 0 Å². The van der Waals surface area contributed by atoms with Crippen molar-refractivity contribution in [3.63, 3.8) is 0 Å². The molecular formula is C13H17N3O5S. The van der Waals surface area contributed by atoms with Crippen molar-refractivity contribution in [1.29, 1.82) is 0 Å². The lowest BCUT2D eigenvalue weighted by molar-refractivity contribution is -0.138. The van der Waals surface area contributed by atoms with E-state index in [2.05, 4.69) is 10.6 Å². The monoisotopic (exact) mass is 327 g/mol. The third-order valence-corrected chi connectivity index (χ3v) is 3.61. The van der Waals surface area contributed by atoms with Crippen molar-refractivity contribution < 1.29 is 24.6 Å². The second-order valence-electron chi connectivity index (χ2n) is 4.39. The summed E-state index contributed by atoms with van der Waals surface area (Å²) in [5.41, 5.74) is 6.15. The number of amides is 2. The standard InChI is InChI=1S/C13H17N3O5S/c1-7(17)16-8-2-3-10(18)11(4-8)22-6-9(14)13(21)15-5-12(19)20/h2-4,9,18H,5-6,14H2,1H3,(H,15,21)(H,16,17)(H,19,20). The molecular weight excluding hydrogens is 310 g/mol. The predicted octanol–water partition coefficient (Wildman–Crippen LogP) is -0.0292. The van der Waals surface area contributed by atoms with Gasteiger partial charge < -0.3 is 26.6 Å². The highest BCUT2D eigenvalue weighted by Crippen LogP contribution is 2.31. The number of hydrogen-bond donors (Lipinski definition) is 5. The van der Waals surface area contributed by atoms with Gasteiger partial charge in [0, 0.05) is 18.4 Å². The Morgan fingerprint density at radius 2 is 2.05 bits per heavy atom. The van der Waals surface area contributed by atoms with E-state index in [9.17, 15) is 19.5 Å². The molecule has 8 nitrogen and oxygen atoms in total. The quantitative estimate of drug-likeness (QED) is 0.350. The molecule has 0 saturated heterocycles. The highest BCUT2D eigenvalue weighted by molar-refractivity contribution is 7.99. The number of phenols is 1. The molecule has 120 valence electrons. The number of aliphatic carboxylic acids is 1. The maximum Gasteiger partial charge on any atom is 0.322 e. The van der Waals surface area contributed by atoms with Crippen LogP contribution in [0.25, 0.3) is 0 Å². The Morgan fingerprint density at radius 3 is 2.64 bits per heavy atom. The second kappa shape index (κ2) is 8.25. The van der Waals surface area contributed by atoms with Crippen LogP contribution in [0.1, 0.15) is 6.92 Å². The number of carbonyl (C=O) groups excluding carboxylic acids is 2. The van der Waals surface area contributed by atoms with E-state index in [1.165, 1.54) is 13.0 Å². The molecule has 0 aromatic heterocycles. The van der Waals surface area contributed by atoms with Crippen LogP contribution in [-0.4, -0.2) is 46.3 Å². The average molecular weight is 327 g/mol. The van der Waals surface area contributed by atoms with Crippen molar-refractivity contribution in [1.82, 2.24) is 5.32 Å². The van der Waals surface area contributed by atoms with E-state index in [-0.39, 0.29) is 17.4 Å². The van der Waals surface area contributed by atoms with Crippen molar-refractivity contribution in [2.75, 3.05) is 17.6 Å². The summed E-state index contributed by atoms with van der Waals surface area (Å²) in [6, 6.07) is 3.60. The van der Waals surface area contributed by atoms with Crippen LogP contribution in [0, 0.1) is 0 Å². The Hall–Kier alpha value is -2.26. The molecule has 0 aliphatic rings. The number of phenolic OH excluding ortho intramolecular Hbond substituents is 1. The van der Waals surface area contributed by atoms with Gasteiger partial charge in [-0.1, -0.05) is 0 Å². The number of thioether (sulfide) groups is 1. The van der Waals surface area contributed by atoms with E-state index in [0.29, 0.717) is 10.6 Å². The zero-order valence-corrected chi connectivity index (χ0v) is 12.6. The first-order valence-electron chi connectivity index (χ1n) is 6.28. The largest absolute Gasteiger partial charge is 0.507 e. The third kappa shape index (κ3) is 6.02. The molecule has 1 aromatic carbocycles. The molecule has 0 aliphatic carbocycles. The molecule has 2 amide bonds. The predicted molar refractivity (Wildman–Crippen MR) is 81.8 cm³/mol. The molecule has 1 aromatic rings. The Balaban J connectivity index is 2.61. The first-order valence-corrected chi connectivity index (χ1v) is 7.26. The van der Waals surface area contributed by atoms with E-state index in [1.807, 2.05) is 0 Å². The van der Waals surface area contributed by atoms with Crippen molar-refractivity contribution >= 4 is 35.2 Å². The Bertz CT molecular complexity index is 579. The first kappa shape index (κ1) is 17.8. The number of anilines is 1. The van der Waals surface area contributed by atoms with E-state index in [4.69, 9.17) is 10.8 Å². The smallest absolute Gasteiger partial charge is 0.322 e. The summed E-state index contributed by atoms with van der Waals surface area (Å²) < 4.78 is 0. The fourth-order valence-electron chi connectivity index (χ4n) is 1.46. The number of nitrogens with one attached hydrogen (secondary N) is 2. The van der Waals surface area contributed by atoms with Crippen LogP contribution >= 0.6 is 11.8 Å². The van der Waals surface area contributed by atoms with Gasteiger partial charge in [-0.2, -0.15) is 0 Å². The molecule has 1 rings (SSSR count). The normalized spacial score (nSPS) is 11.5. The van der Waals surface area contributed by atoms with Gasteiger partial charge in [0.1, 0.15) is 12.3 Å². The zero-order chi connectivity index (χ0) is 16.7. The molecule has 22 heavy (non-hydrogen) atoms. The van der Waals surface area contributed by atoms with E-state index < -0.39 is 24.5 Å². The molecule has 9 heteroatoms. The topological polar surface area (TPSA) is 142 Å². The van der Waals surface area contributed by atoms with Gasteiger partial charge in [0.05, 0.1) is 10.9 Å². The first-order chi connectivity index (χ1) is 10.3. The molecule has 0 fully saturated rings. The number of aromatic hydroxyl groups is 1. The Morgan fingerprint density at radius 1 is 1.36 bits per heavy atom. The van der Waals surface area contributed by atoms with Crippen LogP contribution < -0.4 is 16.4 Å². The minimum absolute atomic E-state index is 0.00255. The highest BCUT2D eigenvalue weighted by atomic mass is 32.2. The second-order valence-corrected chi connectivity index (χ2v) is 5.45. The van der Waals surface area contributed by atoms with Gasteiger partial charge in [-0.15, -0.1) is 11.8 Å². The van der Waals surface area contributed by atoms with Crippen molar-refractivity contribution in [3.05, 3.63) is 18.2 Å². The zero-order valence-electron chi connectivity index (χ0n) is 11.8. The molecule has 0 spiro atoms. The van der Waals surface area contributed by atoms with Crippen molar-refractivity contribution in [3.8, 4) is 5.75 Å². The number of benzene rings is 1. The molecule has 1 unspecified atom stereocenters. The lowest BCUT2D eigenvalue weighted by atomic mass is 10.3. The van der Waals surface area contributed by atoms with Crippen LogP contribution in [0.5, 0.6) is 5.75 Å². The number of rotatable bonds is 7. The number of carbonyl (C=O) groups is 3. The summed E-state index contributed by atoms with van der Waals surface area (Å²) in [5, 5.41) is 23.0. The molecule has 0 aliphatic heterocycles. The van der Waals surface area contributed by atoms with Crippen LogP contribution in [-0.2, 0) is 14.4 Å². The van der Waals surface area contributed by atoms with Gasteiger partial charge in [0.25, 0.3) is 0 Å². The summed E-state index contributed by atoms with van der Waals surface area (Å²) >= 11 is 1.12. The van der Waals surface area contributed by atoms with Crippen molar-refractivity contribution in [2.45, 2.75) is 17.9 Å². The lowest BCUT2D eigenvalue weighted by Gasteiger charge is -2.12. The lowest BCUT2D eigenvalue weighted by Crippen LogP contribution is -2.44. The Labute approximate surface area is 131 Å². The summed E-state index contributed by atoms with van der Waals surface area (Å²) in [6.07, 6.45) is 0. The minimum Gasteiger partial charge on any atom is -0.507 e. The number of nitrogens with two attached hydrogens (primary N) is 1. The van der Waals surface area contributed by atoms with Crippen molar-refractivity contribution in [2.24, 2.45) is 5.73 Å². The molecule has 0 bridgehead atoms. The average Bonchev–Trinajstić information content (AvgIpc) is 2.44. The van der Waals surface area contributed by atoms with Gasteiger partial charge in [-0.05, 0) is 18.2 Å². The maximum absolute atomic E-state index is 11.5. The molecule has 0 heterocycles. The summed E-state index contributed by atoms with van der Waals surface area (Å²) in [5.74, 6) is -1.85. The van der Waals surface area contributed by atoms with Gasteiger partial charge in [-0.3, -0.25) is 14.4 Å². The number of carboxylic acids is 1. The fraction of sp³-hybridized carbons (Fsp3) is 0.308. The highest BCUT2D eigenvalue weighted by Gasteiger charge is 2.15. The van der Waals surface area contributed by atoms with E-state index >= 15 is 0 Å². The molecule has 1 atom stereocenters. The van der Waals surface area contributed by atoms with E-state index in [1.54, 1.807) is 12.1 Å². The van der Waals surface area contributed by atoms with Crippen LogP contribution in [0.4, 0.5) is 5.69 Å². The van der Waals surface area contributed by atoms with Gasteiger partial charge in [-0.25, -0.2) is 0 Å². The summed E-state index contributed by atoms with van der Waals surface area (Å²) in [4.78, 5) is 33.3. The minimum atomic E-state index is -1.16. The van der Waals surface area contributed by atoms with Gasteiger partial charge in [0.2, 0.25) is 11.8 Å². The molecule has 0 saturated carbocycles. The Kier molecular flexibility index (Phi) is 6.67. The number of hydrogen-bond acceptors (Lipinski definition) is 6. The summed E-state index contributed by atoms with van der Waals surface area (Å²) in [7, 11) is 0. The maximum atomic E-state index is 11.5. The van der Waals surface area contributed by atoms with Gasteiger partial charge >= 0.3 is 5.97 Å². The molecule has 0 radical (unpaired) electrons. The fourth-order valence-corrected chi connectivity index (χ4v) is 2.40. The summed E-state index contributed by atoms with van der Waals surface area (Å²) in [6.45, 7) is 0.864. The molecule has 6 N–H and O–H groups in total. The van der Waals surface area contributed by atoms with Gasteiger partial charge in [0.15, 0.2) is 0 Å². The van der Waals surface area contributed by atoms with Crippen LogP contribution in [0.15, 0.2) is 23.1 Å². The van der Waals surface area contributed by atoms with E-state index in [0.717, 1.165) is 11.8 Å². The number of carboxylic acid groups (broad SMARTS) is 1. The third-order valence-electron chi connectivity index (χ3n) is 2.45. The van der Waals surface area contributed by atoms with Crippen LogP contribution in [0.2, 0.25) is 0 Å². The SMILES string of the molecule is CC(=O)Nc1ccc(O)c(SCC(N)C(=O)NCC(=O)O)c1.